The molecule has 1 aromatic heterocycles. The average molecular weight is 386 g/mol. The first kappa shape index (κ1) is 19.4. The van der Waals surface area contributed by atoms with E-state index >= 15 is 0 Å². The van der Waals surface area contributed by atoms with Gasteiger partial charge in [0.1, 0.15) is 0 Å². The van der Waals surface area contributed by atoms with E-state index in [1.54, 1.807) is 0 Å². The Morgan fingerprint density at radius 3 is 2.39 bits per heavy atom. The molecular formula is C21H35N7. The van der Waals surface area contributed by atoms with E-state index in [0.717, 1.165) is 69.4 Å². The second kappa shape index (κ2) is 9.54. The van der Waals surface area contributed by atoms with Gasteiger partial charge in [-0.3, -0.25) is 9.89 Å². The first-order valence-electron chi connectivity index (χ1n) is 11.0. The van der Waals surface area contributed by atoms with Gasteiger partial charge in [-0.05, 0) is 43.7 Å². The molecule has 1 aromatic rings. The van der Waals surface area contributed by atoms with Crippen molar-refractivity contribution in [3.05, 3.63) is 18.5 Å². The number of fused-ring (bicyclic) bond motifs is 1. The van der Waals surface area contributed by atoms with Gasteiger partial charge in [0.25, 0.3) is 0 Å². The van der Waals surface area contributed by atoms with Crippen LogP contribution in [0.15, 0.2) is 23.5 Å². The Morgan fingerprint density at radius 2 is 1.75 bits per heavy atom. The lowest BCUT2D eigenvalue weighted by Gasteiger charge is -2.34. The molecule has 7 nitrogen and oxygen atoms in total. The summed E-state index contributed by atoms with van der Waals surface area (Å²) in [5.74, 6) is 3.77. The summed E-state index contributed by atoms with van der Waals surface area (Å²) in [6.07, 6.45) is 10.5. The molecule has 2 atom stereocenters. The Labute approximate surface area is 169 Å². The van der Waals surface area contributed by atoms with Crippen LogP contribution in [0.3, 0.4) is 0 Å². The molecule has 28 heavy (non-hydrogen) atoms. The normalized spacial score (nSPS) is 26.4. The Hall–Kier alpha value is -1.89. The van der Waals surface area contributed by atoms with Crippen molar-refractivity contribution < 1.29 is 0 Å². The zero-order valence-electron chi connectivity index (χ0n) is 17.3. The molecule has 1 saturated carbocycles. The number of guanidine groups is 1. The molecule has 4 rings (SSSR count). The van der Waals surface area contributed by atoms with Crippen molar-refractivity contribution in [1.82, 2.24) is 25.1 Å². The number of piperazine rings is 1. The smallest absolute Gasteiger partial charge is 0.225 e. The number of anilines is 1. The molecule has 3 heterocycles. The quantitative estimate of drug-likeness (QED) is 0.473. The minimum absolute atomic E-state index is 0.860. The molecule has 0 aromatic carbocycles. The van der Waals surface area contributed by atoms with E-state index in [2.05, 4.69) is 35.0 Å². The van der Waals surface area contributed by atoms with Crippen molar-refractivity contribution in [3.8, 4) is 0 Å². The van der Waals surface area contributed by atoms with Crippen LogP contribution in [-0.2, 0) is 0 Å². The highest BCUT2D eigenvalue weighted by Crippen LogP contribution is 2.35. The van der Waals surface area contributed by atoms with Gasteiger partial charge in [0.2, 0.25) is 5.95 Å². The van der Waals surface area contributed by atoms with Crippen molar-refractivity contribution in [3.63, 3.8) is 0 Å². The number of rotatable bonds is 5. The summed E-state index contributed by atoms with van der Waals surface area (Å²) >= 11 is 0. The average Bonchev–Trinajstić information content (AvgIpc) is 3.19. The molecule has 1 aliphatic carbocycles. The van der Waals surface area contributed by atoms with Gasteiger partial charge in [-0.2, -0.15) is 0 Å². The van der Waals surface area contributed by atoms with Gasteiger partial charge in [0, 0.05) is 65.3 Å². The third kappa shape index (κ3) is 4.74. The van der Waals surface area contributed by atoms with Gasteiger partial charge in [-0.15, -0.1) is 0 Å². The summed E-state index contributed by atoms with van der Waals surface area (Å²) in [6.45, 7) is 8.73. The zero-order chi connectivity index (χ0) is 19.2. The van der Waals surface area contributed by atoms with Gasteiger partial charge < -0.3 is 15.1 Å². The molecule has 0 amide bonds. The largest absolute Gasteiger partial charge is 0.356 e. The van der Waals surface area contributed by atoms with Crippen LogP contribution in [0, 0.1) is 11.8 Å². The van der Waals surface area contributed by atoms with E-state index < -0.39 is 0 Å². The standard InChI is InChI=1S/C21H35N7/c1-22-20(28-16-18-6-2-3-7-19(18)17-28)23-10-5-11-26-12-14-27(15-13-26)21-24-8-4-9-25-21/h4,8-9,18-19H,2-3,5-7,10-17H2,1H3,(H,22,23). The molecule has 2 unspecified atom stereocenters. The van der Waals surface area contributed by atoms with Gasteiger partial charge in [0.15, 0.2) is 5.96 Å². The number of likely N-dealkylation sites (tertiary alicyclic amines) is 1. The molecule has 3 fully saturated rings. The molecule has 2 saturated heterocycles. The Balaban J connectivity index is 1.14. The summed E-state index contributed by atoms with van der Waals surface area (Å²) in [5, 5.41) is 3.61. The van der Waals surface area contributed by atoms with Gasteiger partial charge in [0.05, 0.1) is 0 Å². The first-order valence-corrected chi connectivity index (χ1v) is 11.0. The summed E-state index contributed by atoms with van der Waals surface area (Å²) in [7, 11) is 1.93. The topological polar surface area (TPSA) is 59.9 Å². The lowest BCUT2D eigenvalue weighted by atomic mass is 9.82. The maximum atomic E-state index is 4.55. The summed E-state index contributed by atoms with van der Waals surface area (Å²) in [6, 6.07) is 1.87. The lowest BCUT2D eigenvalue weighted by Crippen LogP contribution is -2.47. The van der Waals surface area contributed by atoms with Crippen molar-refractivity contribution in [1.29, 1.82) is 0 Å². The second-order valence-electron chi connectivity index (χ2n) is 8.41. The highest BCUT2D eigenvalue weighted by atomic mass is 15.3. The molecule has 7 heteroatoms. The van der Waals surface area contributed by atoms with Gasteiger partial charge in [-0.25, -0.2) is 9.97 Å². The molecule has 2 aliphatic heterocycles. The van der Waals surface area contributed by atoms with Crippen LogP contribution < -0.4 is 10.2 Å². The highest BCUT2D eigenvalue weighted by Gasteiger charge is 2.35. The first-order chi connectivity index (χ1) is 13.8. The Kier molecular flexibility index (Phi) is 6.62. The third-order valence-corrected chi connectivity index (χ3v) is 6.63. The maximum Gasteiger partial charge on any atom is 0.225 e. The van der Waals surface area contributed by atoms with Crippen molar-refractivity contribution in [2.45, 2.75) is 32.1 Å². The van der Waals surface area contributed by atoms with E-state index in [-0.39, 0.29) is 0 Å². The highest BCUT2D eigenvalue weighted by molar-refractivity contribution is 5.80. The summed E-state index contributed by atoms with van der Waals surface area (Å²) in [5.41, 5.74) is 0. The fourth-order valence-electron chi connectivity index (χ4n) is 5.04. The van der Waals surface area contributed by atoms with Crippen molar-refractivity contribution >= 4 is 11.9 Å². The van der Waals surface area contributed by atoms with Crippen LogP contribution >= 0.6 is 0 Å². The van der Waals surface area contributed by atoms with E-state index in [1.807, 2.05) is 25.5 Å². The molecule has 0 bridgehead atoms. The van der Waals surface area contributed by atoms with E-state index in [1.165, 1.54) is 38.8 Å². The second-order valence-corrected chi connectivity index (χ2v) is 8.41. The predicted octanol–water partition coefficient (Wildman–Crippen LogP) is 1.69. The monoisotopic (exact) mass is 385 g/mol. The zero-order valence-corrected chi connectivity index (χ0v) is 17.3. The third-order valence-electron chi connectivity index (χ3n) is 6.63. The molecule has 0 spiro atoms. The van der Waals surface area contributed by atoms with Gasteiger partial charge >= 0.3 is 0 Å². The van der Waals surface area contributed by atoms with Crippen LogP contribution in [0.4, 0.5) is 5.95 Å². The van der Waals surface area contributed by atoms with Crippen LogP contribution in [-0.4, -0.2) is 85.1 Å². The van der Waals surface area contributed by atoms with E-state index in [0.29, 0.717) is 0 Å². The van der Waals surface area contributed by atoms with Crippen LogP contribution in [0.25, 0.3) is 0 Å². The molecule has 154 valence electrons. The number of hydrogen-bond donors (Lipinski definition) is 1. The number of hydrogen-bond acceptors (Lipinski definition) is 5. The SMILES string of the molecule is CN=C(NCCCN1CCN(c2ncccn2)CC1)N1CC2CCCCC2C1. The fourth-order valence-corrected chi connectivity index (χ4v) is 5.04. The minimum Gasteiger partial charge on any atom is -0.356 e. The number of aromatic nitrogens is 2. The Bertz CT molecular complexity index is 613. The summed E-state index contributed by atoms with van der Waals surface area (Å²) < 4.78 is 0. The van der Waals surface area contributed by atoms with E-state index in [9.17, 15) is 0 Å². The number of nitrogens with zero attached hydrogens (tertiary/aromatic N) is 6. The Morgan fingerprint density at radius 1 is 1.07 bits per heavy atom. The summed E-state index contributed by atoms with van der Waals surface area (Å²) in [4.78, 5) is 20.6. The fraction of sp³-hybridized carbons (Fsp3) is 0.762. The van der Waals surface area contributed by atoms with E-state index in [4.69, 9.17) is 0 Å². The number of aliphatic imine (C=N–C) groups is 1. The lowest BCUT2D eigenvalue weighted by molar-refractivity contribution is 0.254. The molecule has 3 aliphatic rings. The van der Waals surface area contributed by atoms with Crippen molar-refractivity contribution in [2.24, 2.45) is 16.8 Å². The molecular weight excluding hydrogens is 350 g/mol. The van der Waals surface area contributed by atoms with Gasteiger partial charge in [-0.1, -0.05) is 12.8 Å². The number of nitrogens with one attached hydrogen (secondary N) is 1. The van der Waals surface area contributed by atoms with Crippen molar-refractivity contribution in [2.75, 3.05) is 64.3 Å². The minimum atomic E-state index is 0.860. The predicted molar refractivity (Wildman–Crippen MR) is 114 cm³/mol. The molecule has 0 radical (unpaired) electrons. The van der Waals surface area contributed by atoms with Crippen LogP contribution in [0.1, 0.15) is 32.1 Å². The van der Waals surface area contributed by atoms with Crippen LogP contribution in [0.2, 0.25) is 0 Å². The van der Waals surface area contributed by atoms with Crippen LogP contribution in [0.5, 0.6) is 0 Å². The maximum absolute atomic E-state index is 4.55. The molecule has 1 N–H and O–H groups in total.